The van der Waals surface area contributed by atoms with Gasteiger partial charge in [0.2, 0.25) is 6.29 Å². The largest absolute Gasteiger partial charge is 0.507 e. The van der Waals surface area contributed by atoms with Crippen molar-refractivity contribution in [2.75, 3.05) is 7.11 Å². The molecule has 0 amide bonds. The summed E-state index contributed by atoms with van der Waals surface area (Å²) in [6, 6.07) is 6.97. The number of carbonyl (C=O) groups is 1. The lowest BCUT2D eigenvalue weighted by Gasteiger charge is -2.38. The van der Waals surface area contributed by atoms with E-state index in [0.717, 1.165) is 6.07 Å². The van der Waals surface area contributed by atoms with Crippen molar-refractivity contribution in [3.63, 3.8) is 0 Å². The summed E-state index contributed by atoms with van der Waals surface area (Å²) in [7, 11) is 1.40. The lowest BCUT2D eigenvalue weighted by Crippen LogP contribution is -2.61. The number of fused-ring (bicyclic) bond motifs is 1. The Balaban J connectivity index is 1.59. The van der Waals surface area contributed by atoms with Crippen molar-refractivity contribution in [1.29, 1.82) is 0 Å². The Hall–Kier alpha value is -3.29. The molecule has 0 aliphatic carbocycles. The SMILES string of the molecule is COc1ccc([C@H]2Oc3cc(O[C@@H]4O[C@H](C(=O)O)[C@@H](O)[C@H](O)[C@H]4O)cc(O)c3C[C@H]2O)cc1O. The van der Waals surface area contributed by atoms with Crippen molar-refractivity contribution in [3.05, 3.63) is 41.5 Å². The summed E-state index contributed by atoms with van der Waals surface area (Å²) < 4.78 is 21.4. The van der Waals surface area contributed by atoms with E-state index in [2.05, 4.69) is 0 Å². The first kappa shape index (κ1) is 23.9. The van der Waals surface area contributed by atoms with Gasteiger partial charge in [0.1, 0.15) is 41.7 Å². The van der Waals surface area contributed by atoms with Crippen molar-refractivity contribution >= 4 is 5.97 Å². The zero-order chi connectivity index (χ0) is 24.7. The number of carboxylic acids is 1. The number of hydrogen-bond donors (Lipinski definition) is 7. The number of aromatic hydroxyl groups is 2. The molecule has 0 radical (unpaired) electrons. The molecule has 1 fully saturated rings. The van der Waals surface area contributed by atoms with Gasteiger partial charge in [-0.3, -0.25) is 0 Å². The van der Waals surface area contributed by atoms with Crippen LogP contribution in [0.2, 0.25) is 0 Å². The summed E-state index contributed by atoms with van der Waals surface area (Å²) in [6.45, 7) is 0. The predicted octanol–water partition coefficient (Wildman–Crippen LogP) is -0.586. The molecule has 1 saturated heterocycles. The average Bonchev–Trinajstić information content (AvgIpc) is 2.79. The van der Waals surface area contributed by atoms with Crippen molar-refractivity contribution in [3.8, 4) is 28.7 Å². The molecule has 2 aliphatic heterocycles. The Bertz CT molecular complexity index is 1070. The number of methoxy groups -OCH3 is 1. The molecule has 2 aliphatic rings. The molecule has 7 N–H and O–H groups in total. The third-order valence-corrected chi connectivity index (χ3v) is 5.77. The summed E-state index contributed by atoms with van der Waals surface area (Å²) >= 11 is 0. The van der Waals surface area contributed by atoms with E-state index in [1.807, 2.05) is 0 Å². The van der Waals surface area contributed by atoms with Crippen LogP contribution in [0.5, 0.6) is 28.7 Å². The van der Waals surface area contributed by atoms with Crippen molar-refractivity contribution in [2.24, 2.45) is 0 Å². The molecule has 0 aromatic heterocycles. The number of rotatable bonds is 5. The van der Waals surface area contributed by atoms with Crippen LogP contribution in [0.4, 0.5) is 0 Å². The maximum atomic E-state index is 11.3. The van der Waals surface area contributed by atoms with E-state index in [9.17, 15) is 40.5 Å². The molecule has 4 rings (SSSR count). The molecule has 2 heterocycles. The van der Waals surface area contributed by atoms with Gasteiger partial charge in [-0.15, -0.1) is 0 Å². The number of benzene rings is 2. The summed E-state index contributed by atoms with van der Waals surface area (Å²) in [4.78, 5) is 11.3. The second kappa shape index (κ2) is 9.16. The molecule has 0 unspecified atom stereocenters. The summed E-state index contributed by atoms with van der Waals surface area (Å²) in [6.07, 6.45) is -11.0. The van der Waals surface area contributed by atoms with E-state index in [-0.39, 0.29) is 40.7 Å². The van der Waals surface area contributed by atoms with Gasteiger partial charge >= 0.3 is 5.97 Å². The van der Waals surface area contributed by atoms with Gasteiger partial charge < -0.3 is 54.7 Å². The fraction of sp³-hybridized carbons (Fsp3) is 0.409. The normalized spacial score (nSPS) is 30.7. The molecule has 0 bridgehead atoms. The van der Waals surface area contributed by atoms with Crippen LogP contribution in [0.15, 0.2) is 30.3 Å². The van der Waals surface area contributed by atoms with E-state index in [4.69, 9.17) is 18.9 Å². The summed E-state index contributed by atoms with van der Waals surface area (Å²) in [5.41, 5.74) is 0.715. The maximum Gasteiger partial charge on any atom is 0.335 e. The van der Waals surface area contributed by atoms with Gasteiger partial charge in [0.15, 0.2) is 17.6 Å². The molecule has 2 aromatic carbocycles. The average molecular weight is 480 g/mol. The van der Waals surface area contributed by atoms with Crippen LogP contribution < -0.4 is 14.2 Å². The van der Waals surface area contributed by atoms with Crippen molar-refractivity contribution in [1.82, 2.24) is 0 Å². The minimum atomic E-state index is -1.88. The molecule has 12 heteroatoms. The fourth-order valence-corrected chi connectivity index (χ4v) is 3.97. The number of ether oxygens (including phenoxy) is 4. The minimum Gasteiger partial charge on any atom is -0.507 e. The molecule has 34 heavy (non-hydrogen) atoms. The van der Waals surface area contributed by atoms with E-state index < -0.39 is 48.9 Å². The number of phenols is 2. The van der Waals surface area contributed by atoms with Crippen LogP contribution in [0.25, 0.3) is 0 Å². The number of phenolic OH excluding ortho intramolecular Hbond substituents is 2. The highest BCUT2D eigenvalue weighted by Gasteiger charge is 2.48. The molecule has 12 nitrogen and oxygen atoms in total. The Morgan fingerprint density at radius 2 is 1.74 bits per heavy atom. The van der Waals surface area contributed by atoms with Crippen LogP contribution in [0.3, 0.4) is 0 Å². The molecule has 7 atom stereocenters. The third-order valence-electron chi connectivity index (χ3n) is 5.77. The first-order valence-electron chi connectivity index (χ1n) is 10.3. The van der Waals surface area contributed by atoms with Gasteiger partial charge in [-0.05, 0) is 17.7 Å². The molecule has 2 aromatic rings. The van der Waals surface area contributed by atoms with Gasteiger partial charge in [-0.2, -0.15) is 0 Å². The molecular formula is C22H24O12. The van der Waals surface area contributed by atoms with E-state index >= 15 is 0 Å². The van der Waals surface area contributed by atoms with Gasteiger partial charge in [-0.25, -0.2) is 4.79 Å². The lowest BCUT2D eigenvalue weighted by atomic mass is 9.94. The molecule has 0 saturated carbocycles. The first-order chi connectivity index (χ1) is 16.1. The van der Waals surface area contributed by atoms with Crippen LogP contribution in [0.1, 0.15) is 17.2 Å². The van der Waals surface area contributed by atoms with Gasteiger partial charge in [-0.1, -0.05) is 6.07 Å². The standard InChI is InChI=1S/C22H24O12/c1-31-14-3-2-8(4-12(14)24)19-13(25)7-10-11(23)5-9(6-15(10)33-19)32-22-18(28)16(26)17(27)20(34-22)21(29)30/h2-6,13,16-20,22-28H,7H2,1H3,(H,29,30)/t13-,16+,17+,18-,19-,20+,22-/m1/s1. The van der Waals surface area contributed by atoms with Crippen molar-refractivity contribution in [2.45, 2.75) is 49.3 Å². The van der Waals surface area contributed by atoms with Crippen LogP contribution in [0, 0.1) is 0 Å². The summed E-state index contributed by atoms with van der Waals surface area (Å²) in [5.74, 6) is -1.76. The highest BCUT2D eigenvalue weighted by atomic mass is 16.7. The van der Waals surface area contributed by atoms with Crippen LogP contribution in [-0.4, -0.2) is 85.6 Å². The van der Waals surface area contributed by atoms with E-state index in [1.165, 1.54) is 25.3 Å². The number of carboxylic acid groups (broad SMARTS) is 1. The topological polar surface area (TPSA) is 196 Å². The lowest BCUT2D eigenvalue weighted by molar-refractivity contribution is -0.271. The zero-order valence-corrected chi connectivity index (χ0v) is 17.8. The van der Waals surface area contributed by atoms with Crippen LogP contribution in [-0.2, 0) is 16.0 Å². The molecule has 0 spiro atoms. The Kier molecular flexibility index (Phi) is 6.43. The number of aliphatic hydroxyl groups excluding tert-OH is 4. The van der Waals surface area contributed by atoms with Gasteiger partial charge in [0, 0.05) is 24.1 Å². The first-order valence-corrected chi connectivity index (χ1v) is 10.3. The highest BCUT2D eigenvalue weighted by molar-refractivity contribution is 5.73. The van der Waals surface area contributed by atoms with Gasteiger partial charge in [0.05, 0.1) is 13.2 Å². The molecule has 184 valence electrons. The van der Waals surface area contributed by atoms with Crippen molar-refractivity contribution < 1.29 is 59.5 Å². The zero-order valence-electron chi connectivity index (χ0n) is 17.8. The second-order valence-corrected chi connectivity index (χ2v) is 8.01. The highest BCUT2D eigenvalue weighted by Crippen LogP contribution is 2.43. The fourth-order valence-electron chi connectivity index (χ4n) is 3.97. The number of aliphatic carboxylic acids is 1. The Morgan fingerprint density at radius 3 is 2.38 bits per heavy atom. The number of hydrogen-bond acceptors (Lipinski definition) is 11. The summed E-state index contributed by atoms with van der Waals surface area (Å²) in [5, 5.41) is 70.2. The number of aliphatic hydroxyl groups is 4. The van der Waals surface area contributed by atoms with E-state index in [1.54, 1.807) is 6.07 Å². The third kappa shape index (κ3) is 4.29. The smallest absolute Gasteiger partial charge is 0.335 e. The monoisotopic (exact) mass is 480 g/mol. The van der Waals surface area contributed by atoms with Crippen LogP contribution >= 0.6 is 0 Å². The van der Waals surface area contributed by atoms with Gasteiger partial charge in [0.25, 0.3) is 0 Å². The Labute approximate surface area is 192 Å². The predicted molar refractivity (Wildman–Crippen MR) is 111 cm³/mol. The minimum absolute atomic E-state index is 0.00739. The molecular weight excluding hydrogens is 456 g/mol. The second-order valence-electron chi connectivity index (χ2n) is 8.01. The Morgan fingerprint density at radius 1 is 1.00 bits per heavy atom. The van der Waals surface area contributed by atoms with E-state index in [0.29, 0.717) is 5.56 Å². The quantitative estimate of drug-likeness (QED) is 0.288. The maximum absolute atomic E-state index is 11.3.